The molecular weight excluding hydrogens is 556 g/mol. The average Bonchev–Trinajstić information content (AvgIpc) is 3.83. The smallest absolute Gasteiger partial charge is 0.344 e. The Morgan fingerprint density at radius 2 is 1.83 bits per heavy atom. The van der Waals surface area contributed by atoms with E-state index in [1.165, 1.54) is 0 Å². The molecule has 0 amide bonds. The molecule has 0 N–H and O–H groups in total. The first-order chi connectivity index (χ1) is 19.1. The van der Waals surface area contributed by atoms with Gasteiger partial charge in [0.1, 0.15) is 30.0 Å². The number of halogens is 1. The van der Waals surface area contributed by atoms with E-state index in [4.69, 9.17) is 28.4 Å². The summed E-state index contributed by atoms with van der Waals surface area (Å²) in [5.41, 5.74) is -0.591. The Balaban J connectivity index is 0.00000276. The molecule has 0 unspecified atom stereocenters. The molecule has 6 fully saturated rings. The van der Waals surface area contributed by atoms with Gasteiger partial charge >= 0.3 is 17.9 Å². The number of ether oxygens (including phenoxy) is 6. The zero-order valence-electron chi connectivity index (χ0n) is 24.0. The predicted molar refractivity (Wildman–Crippen MR) is 143 cm³/mol. The van der Waals surface area contributed by atoms with Crippen molar-refractivity contribution in [3.8, 4) is 0 Å². The third-order valence-corrected chi connectivity index (χ3v) is 11.6. The van der Waals surface area contributed by atoms with Gasteiger partial charge in [-0.25, -0.2) is 9.59 Å². The topological polar surface area (TPSA) is 123 Å². The normalized spacial score (nSPS) is 47.0. The maximum Gasteiger partial charge on any atom is 0.344 e. The van der Waals surface area contributed by atoms with E-state index in [-0.39, 0.29) is 60.5 Å². The fourth-order valence-electron chi connectivity index (χ4n) is 9.38. The second kappa shape index (κ2) is 8.89. The summed E-state index contributed by atoms with van der Waals surface area (Å²) < 4.78 is 36.8. The lowest BCUT2D eigenvalue weighted by molar-refractivity contribution is -0.177. The number of esters is 3. The van der Waals surface area contributed by atoms with Gasteiger partial charge in [-0.15, -0.1) is 12.4 Å². The summed E-state index contributed by atoms with van der Waals surface area (Å²) in [5, 5.41) is 0. The van der Waals surface area contributed by atoms with E-state index in [0.29, 0.717) is 13.0 Å². The highest BCUT2D eigenvalue weighted by Crippen LogP contribution is 2.83. The van der Waals surface area contributed by atoms with Crippen molar-refractivity contribution in [2.75, 3.05) is 53.0 Å². The highest BCUT2D eigenvalue weighted by molar-refractivity contribution is 5.92. The number of cyclic esters (lactones) is 1. The van der Waals surface area contributed by atoms with E-state index in [1.807, 2.05) is 4.90 Å². The van der Waals surface area contributed by atoms with Crippen molar-refractivity contribution in [1.29, 1.82) is 0 Å². The molecule has 0 aromatic carbocycles. The van der Waals surface area contributed by atoms with Crippen molar-refractivity contribution in [2.24, 2.45) is 17.3 Å². The number of likely N-dealkylation sites (N-methyl/N-ethyl adjacent to an activating group) is 1. The van der Waals surface area contributed by atoms with Gasteiger partial charge in [0, 0.05) is 37.2 Å². The van der Waals surface area contributed by atoms with E-state index >= 15 is 0 Å². The molecule has 0 radical (unpaired) electrons. The highest BCUT2D eigenvalue weighted by Gasteiger charge is 3.01. The maximum absolute atomic E-state index is 13.2. The lowest BCUT2D eigenvalue weighted by Crippen LogP contribution is -2.70. The summed E-state index contributed by atoms with van der Waals surface area (Å²) in [6, 6.07) is 0. The minimum absolute atomic E-state index is 0. The molecule has 11 nitrogen and oxygen atoms in total. The number of rotatable bonds is 6. The zero-order valence-corrected chi connectivity index (χ0v) is 24.8. The van der Waals surface area contributed by atoms with E-state index in [9.17, 15) is 14.4 Å². The van der Waals surface area contributed by atoms with E-state index in [2.05, 4.69) is 32.7 Å². The largest absolute Gasteiger partial charge is 0.458 e. The molecular formula is C29H39ClN2O9. The van der Waals surface area contributed by atoms with Crippen LogP contribution in [0.5, 0.6) is 0 Å². The van der Waals surface area contributed by atoms with Gasteiger partial charge in [0.05, 0.1) is 12.6 Å². The van der Waals surface area contributed by atoms with Gasteiger partial charge in [-0.1, -0.05) is 20.8 Å². The van der Waals surface area contributed by atoms with Crippen LogP contribution in [0.25, 0.3) is 0 Å². The molecule has 12 heteroatoms. The van der Waals surface area contributed by atoms with Crippen molar-refractivity contribution in [1.82, 2.24) is 9.80 Å². The van der Waals surface area contributed by atoms with Crippen LogP contribution < -0.4 is 0 Å². The molecule has 2 saturated carbocycles. The Morgan fingerprint density at radius 1 is 1.07 bits per heavy atom. The van der Waals surface area contributed by atoms with Crippen LogP contribution in [0.15, 0.2) is 11.1 Å². The molecule has 4 saturated heterocycles. The maximum atomic E-state index is 13.2. The third-order valence-electron chi connectivity index (χ3n) is 11.6. The molecule has 5 aliphatic heterocycles. The molecule has 3 aliphatic carbocycles. The third kappa shape index (κ3) is 3.42. The van der Waals surface area contributed by atoms with Gasteiger partial charge in [-0.05, 0) is 43.7 Å². The predicted octanol–water partition coefficient (Wildman–Crippen LogP) is 0.866. The molecule has 0 aromatic rings. The number of piperazine rings is 1. The van der Waals surface area contributed by atoms with Crippen LogP contribution in [0.1, 0.15) is 40.0 Å². The Labute approximate surface area is 245 Å². The molecule has 0 bridgehead atoms. The highest BCUT2D eigenvalue weighted by atomic mass is 35.5. The first-order valence-electron chi connectivity index (χ1n) is 14.8. The van der Waals surface area contributed by atoms with Crippen LogP contribution in [-0.4, -0.2) is 122 Å². The number of nitrogens with zero attached hydrogens (tertiary/aromatic N) is 2. The fourth-order valence-corrected chi connectivity index (χ4v) is 9.38. The molecule has 8 rings (SSSR count). The van der Waals surface area contributed by atoms with Gasteiger partial charge in [0.15, 0.2) is 18.3 Å². The summed E-state index contributed by atoms with van der Waals surface area (Å²) in [6.07, 6.45) is 0.928. The minimum Gasteiger partial charge on any atom is -0.458 e. The van der Waals surface area contributed by atoms with Crippen molar-refractivity contribution < 1.29 is 42.8 Å². The Hall–Kier alpha value is -1.76. The van der Waals surface area contributed by atoms with Gasteiger partial charge in [-0.2, -0.15) is 0 Å². The SMILES string of the molecule is CC(C)[C@]12O[C@H]1[C@@H]1O[C@]13[C@]1(O[C@H]1C[C@H]1C4=C(CC[C@@]13C)C(=O)OC4)[C@@H]2OC(=O)COC(=O)CN1CCN(C)CC1.Cl. The second-order valence-electron chi connectivity index (χ2n) is 13.6. The van der Waals surface area contributed by atoms with Crippen LogP contribution >= 0.6 is 12.4 Å². The zero-order chi connectivity index (χ0) is 27.8. The monoisotopic (exact) mass is 594 g/mol. The first-order valence-corrected chi connectivity index (χ1v) is 14.8. The number of fused-ring (bicyclic) bond motifs is 4. The average molecular weight is 595 g/mol. The molecule has 5 heterocycles. The van der Waals surface area contributed by atoms with Gasteiger partial charge in [-0.3, -0.25) is 9.69 Å². The van der Waals surface area contributed by atoms with Crippen LogP contribution in [-0.2, 0) is 42.8 Å². The number of hydrogen-bond donors (Lipinski definition) is 0. The second-order valence-corrected chi connectivity index (χ2v) is 13.6. The van der Waals surface area contributed by atoms with Crippen LogP contribution in [0, 0.1) is 17.3 Å². The molecule has 8 aliphatic rings. The Morgan fingerprint density at radius 3 is 2.56 bits per heavy atom. The van der Waals surface area contributed by atoms with Crippen molar-refractivity contribution >= 4 is 30.3 Å². The standard InChI is InChI=1S/C29H38N2O9.ClH/c1-15(2)27-22(39-27)23-29(40-23)26(3)6-5-16-17(13-36-24(16)34)18(26)11-19-28(29,38-19)25(27)37-21(33)14-35-20(32)12-31-9-7-30(4)8-10-31;/h15,18-19,22-23,25H,5-14H2,1-4H3;1H/t18-,19-,22-,23-,25+,26-,27-,28+,29+;/m0./s1. The van der Waals surface area contributed by atoms with Gasteiger partial charge < -0.3 is 33.3 Å². The van der Waals surface area contributed by atoms with Crippen LogP contribution in [0.4, 0.5) is 0 Å². The molecule has 226 valence electrons. The molecule has 0 aromatic heterocycles. The van der Waals surface area contributed by atoms with Crippen molar-refractivity contribution in [3.63, 3.8) is 0 Å². The quantitative estimate of drug-likeness (QED) is 0.247. The lowest BCUT2D eigenvalue weighted by atomic mass is 9.46. The van der Waals surface area contributed by atoms with E-state index in [0.717, 1.165) is 50.2 Å². The van der Waals surface area contributed by atoms with Crippen LogP contribution in [0.2, 0.25) is 0 Å². The van der Waals surface area contributed by atoms with Crippen LogP contribution in [0.3, 0.4) is 0 Å². The van der Waals surface area contributed by atoms with Crippen molar-refractivity contribution in [3.05, 3.63) is 11.1 Å². The lowest BCUT2D eigenvalue weighted by Gasteiger charge is -2.53. The van der Waals surface area contributed by atoms with E-state index < -0.39 is 41.5 Å². The Kier molecular flexibility index (Phi) is 6.08. The molecule has 2 spiro atoms. The number of carbonyl (C=O) groups is 3. The fraction of sp³-hybridized carbons (Fsp3) is 0.828. The minimum atomic E-state index is -0.818. The van der Waals surface area contributed by atoms with Gasteiger partial charge in [0.2, 0.25) is 0 Å². The molecule has 41 heavy (non-hydrogen) atoms. The van der Waals surface area contributed by atoms with E-state index in [1.54, 1.807) is 0 Å². The Bertz CT molecular complexity index is 1230. The van der Waals surface area contributed by atoms with Gasteiger partial charge in [0.25, 0.3) is 0 Å². The summed E-state index contributed by atoms with van der Waals surface area (Å²) in [4.78, 5) is 42.4. The van der Waals surface area contributed by atoms with Crippen molar-refractivity contribution in [2.45, 2.75) is 81.3 Å². The summed E-state index contributed by atoms with van der Waals surface area (Å²) in [5.74, 6) is -1.07. The summed E-state index contributed by atoms with van der Waals surface area (Å²) in [6.45, 7) is 9.80. The summed E-state index contributed by atoms with van der Waals surface area (Å²) in [7, 11) is 2.06. The number of carbonyl (C=O) groups excluding carboxylic acids is 3. The first kappa shape index (κ1) is 28.0. The summed E-state index contributed by atoms with van der Waals surface area (Å²) >= 11 is 0. The number of epoxide rings is 3. The number of hydrogen-bond acceptors (Lipinski definition) is 11. The molecule has 9 atom stereocenters.